The van der Waals surface area contributed by atoms with Gasteiger partial charge in [-0.15, -0.1) is 0 Å². The summed E-state index contributed by atoms with van der Waals surface area (Å²) in [5, 5.41) is 0. The first-order valence-corrected chi connectivity index (χ1v) is 6.14. The molecular formula is C15H14F2N2. The van der Waals surface area contributed by atoms with Crippen molar-refractivity contribution in [3.63, 3.8) is 0 Å². The molecule has 0 N–H and O–H groups in total. The third-order valence-corrected chi connectivity index (χ3v) is 3.39. The highest BCUT2D eigenvalue weighted by Crippen LogP contribution is 2.35. The van der Waals surface area contributed by atoms with Crippen LogP contribution in [0.4, 0.5) is 20.2 Å². The number of fused-ring (bicyclic) bond motifs is 1. The lowest BCUT2D eigenvalue weighted by atomic mass is 10.2. The Morgan fingerprint density at radius 3 is 2.53 bits per heavy atom. The van der Waals surface area contributed by atoms with Crippen LogP contribution in [0.5, 0.6) is 0 Å². The first-order chi connectivity index (χ1) is 9.15. The Morgan fingerprint density at radius 2 is 1.79 bits per heavy atom. The molecule has 0 saturated carbocycles. The molecule has 0 spiro atoms. The predicted molar refractivity (Wildman–Crippen MR) is 72.3 cm³/mol. The van der Waals surface area contributed by atoms with E-state index in [1.807, 2.05) is 31.3 Å². The van der Waals surface area contributed by atoms with Crippen molar-refractivity contribution in [1.29, 1.82) is 0 Å². The predicted octanol–water partition coefficient (Wildman–Crippen LogP) is 3.38. The molecule has 2 nitrogen and oxygen atoms in total. The molecule has 0 bridgehead atoms. The molecule has 0 radical (unpaired) electrons. The molecular weight excluding hydrogens is 246 g/mol. The van der Waals surface area contributed by atoms with Gasteiger partial charge in [0, 0.05) is 25.2 Å². The van der Waals surface area contributed by atoms with Gasteiger partial charge < -0.3 is 9.80 Å². The molecule has 2 aromatic rings. The molecule has 0 atom stereocenters. The summed E-state index contributed by atoms with van der Waals surface area (Å²) >= 11 is 0. The summed E-state index contributed by atoms with van der Waals surface area (Å²) in [5.41, 5.74) is 2.71. The van der Waals surface area contributed by atoms with E-state index in [9.17, 15) is 8.78 Å². The molecule has 19 heavy (non-hydrogen) atoms. The number of halogens is 2. The molecule has 1 aliphatic heterocycles. The highest BCUT2D eigenvalue weighted by atomic mass is 19.1. The highest BCUT2D eigenvalue weighted by Gasteiger charge is 2.23. The van der Waals surface area contributed by atoms with Crippen molar-refractivity contribution in [3.05, 3.63) is 59.7 Å². The molecule has 4 heteroatoms. The third kappa shape index (κ3) is 2.14. The number of rotatable bonds is 2. The minimum absolute atomic E-state index is 0.438. The topological polar surface area (TPSA) is 6.48 Å². The summed E-state index contributed by atoms with van der Waals surface area (Å²) in [7, 11) is 2.00. The third-order valence-electron chi connectivity index (χ3n) is 3.39. The quantitative estimate of drug-likeness (QED) is 0.816. The normalized spacial score (nSPS) is 13.8. The van der Waals surface area contributed by atoms with Crippen LogP contribution in [0.3, 0.4) is 0 Å². The van der Waals surface area contributed by atoms with Gasteiger partial charge in [-0.1, -0.05) is 18.2 Å². The van der Waals surface area contributed by atoms with Crippen molar-refractivity contribution in [2.45, 2.75) is 6.54 Å². The molecule has 0 aliphatic carbocycles. The molecule has 3 rings (SSSR count). The highest BCUT2D eigenvalue weighted by molar-refractivity contribution is 5.75. The van der Waals surface area contributed by atoms with Gasteiger partial charge in [0.25, 0.3) is 0 Å². The SMILES string of the molecule is CN1CN(Cc2ccc(F)cc2F)c2ccccc21. The van der Waals surface area contributed by atoms with Gasteiger partial charge in [0.1, 0.15) is 11.6 Å². The van der Waals surface area contributed by atoms with Crippen LogP contribution in [0.1, 0.15) is 5.56 Å². The zero-order chi connectivity index (χ0) is 13.4. The zero-order valence-corrected chi connectivity index (χ0v) is 10.6. The minimum atomic E-state index is -0.541. The summed E-state index contributed by atoms with van der Waals surface area (Å²) < 4.78 is 26.6. The number of hydrogen-bond donors (Lipinski definition) is 0. The van der Waals surface area contributed by atoms with Crippen molar-refractivity contribution < 1.29 is 8.78 Å². The maximum absolute atomic E-state index is 13.7. The van der Waals surface area contributed by atoms with E-state index in [4.69, 9.17) is 0 Å². The maximum Gasteiger partial charge on any atom is 0.131 e. The van der Waals surface area contributed by atoms with Gasteiger partial charge in [0.05, 0.1) is 18.0 Å². The van der Waals surface area contributed by atoms with E-state index in [-0.39, 0.29) is 0 Å². The van der Waals surface area contributed by atoms with Gasteiger partial charge in [0.15, 0.2) is 0 Å². The molecule has 1 heterocycles. The van der Waals surface area contributed by atoms with Crippen LogP contribution in [0.2, 0.25) is 0 Å². The van der Waals surface area contributed by atoms with Crippen molar-refractivity contribution in [2.24, 2.45) is 0 Å². The van der Waals surface area contributed by atoms with E-state index >= 15 is 0 Å². The van der Waals surface area contributed by atoms with Crippen LogP contribution in [0, 0.1) is 11.6 Å². The second-order valence-electron chi connectivity index (χ2n) is 4.76. The Kier molecular flexibility index (Phi) is 2.85. The standard InChI is InChI=1S/C15H14F2N2/c1-18-10-19(15-5-3-2-4-14(15)18)9-11-6-7-12(16)8-13(11)17/h2-8H,9-10H2,1H3. The molecule has 0 fully saturated rings. The Balaban J connectivity index is 1.89. The van der Waals surface area contributed by atoms with Crippen molar-refractivity contribution in [3.8, 4) is 0 Å². The van der Waals surface area contributed by atoms with Crippen molar-refractivity contribution in [2.75, 3.05) is 23.5 Å². The monoisotopic (exact) mass is 260 g/mol. The lowest BCUT2D eigenvalue weighted by Gasteiger charge is -2.19. The second kappa shape index (κ2) is 4.53. The van der Waals surface area contributed by atoms with Gasteiger partial charge in [-0.3, -0.25) is 0 Å². The van der Waals surface area contributed by atoms with Crippen LogP contribution in [-0.4, -0.2) is 13.7 Å². The van der Waals surface area contributed by atoms with Gasteiger partial charge in [0.2, 0.25) is 0 Å². The number of anilines is 2. The van der Waals surface area contributed by atoms with Gasteiger partial charge in [-0.05, 0) is 18.2 Å². The van der Waals surface area contributed by atoms with Gasteiger partial charge in [-0.25, -0.2) is 8.78 Å². The Bertz CT molecular complexity index is 613. The van der Waals surface area contributed by atoms with Crippen LogP contribution >= 0.6 is 0 Å². The largest absolute Gasteiger partial charge is 0.355 e. The smallest absolute Gasteiger partial charge is 0.131 e. The molecule has 0 amide bonds. The van der Waals surface area contributed by atoms with Crippen LogP contribution in [0.15, 0.2) is 42.5 Å². The zero-order valence-electron chi connectivity index (χ0n) is 10.6. The lowest BCUT2D eigenvalue weighted by molar-refractivity contribution is 0.570. The Hall–Kier alpha value is -2.10. The van der Waals surface area contributed by atoms with E-state index in [2.05, 4.69) is 9.80 Å². The number of nitrogens with zero attached hydrogens (tertiary/aromatic N) is 2. The van der Waals surface area contributed by atoms with E-state index < -0.39 is 11.6 Å². The number of benzene rings is 2. The van der Waals surface area contributed by atoms with E-state index in [1.54, 1.807) is 0 Å². The van der Waals surface area contributed by atoms with E-state index in [1.165, 1.54) is 12.1 Å². The minimum Gasteiger partial charge on any atom is -0.355 e. The first-order valence-electron chi connectivity index (χ1n) is 6.14. The van der Waals surface area contributed by atoms with E-state index in [0.29, 0.717) is 18.8 Å². The fraction of sp³-hybridized carbons (Fsp3) is 0.200. The summed E-state index contributed by atoms with van der Waals surface area (Å²) in [6.07, 6.45) is 0. The average molecular weight is 260 g/mol. The fourth-order valence-electron chi connectivity index (χ4n) is 2.45. The second-order valence-corrected chi connectivity index (χ2v) is 4.76. The molecule has 0 aromatic heterocycles. The molecule has 1 aliphatic rings. The van der Waals surface area contributed by atoms with Crippen LogP contribution < -0.4 is 9.80 Å². The summed E-state index contributed by atoms with van der Waals surface area (Å²) in [6.45, 7) is 1.14. The van der Waals surface area contributed by atoms with Crippen LogP contribution in [0.25, 0.3) is 0 Å². The molecule has 0 unspecified atom stereocenters. The van der Waals surface area contributed by atoms with Gasteiger partial charge in [-0.2, -0.15) is 0 Å². The maximum atomic E-state index is 13.7. The summed E-state index contributed by atoms with van der Waals surface area (Å²) in [5.74, 6) is -1.03. The Morgan fingerprint density at radius 1 is 1.05 bits per heavy atom. The average Bonchev–Trinajstić information content (AvgIpc) is 2.71. The summed E-state index contributed by atoms with van der Waals surface area (Å²) in [6, 6.07) is 11.7. The van der Waals surface area contributed by atoms with E-state index in [0.717, 1.165) is 17.4 Å². The Labute approximate surface area is 110 Å². The molecule has 0 saturated heterocycles. The van der Waals surface area contributed by atoms with Crippen molar-refractivity contribution >= 4 is 11.4 Å². The van der Waals surface area contributed by atoms with Crippen molar-refractivity contribution in [1.82, 2.24) is 0 Å². The number of para-hydroxylation sites is 2. The molecule has 98 valence electrons. The first kappa shape index (κ1) is 12.0. The van der Waals surface area contributed by atoms with Gasteiger partial charge >= 0.3 is 0 Å². The summed E-state index contributed by atoms with van der Waals surface area (Å²) in [4.78, 5) is 4.18. The van der Waals surface area contributed by atoms with Crippen LogP contribution in [-0.2, 0) is 6.54 Å². The molecule has 2 aromatic carbocycles. The fourth-order valence-corrected chi connectivity index (χ4v) is 2.45. The number of hydrogen-bond acceptors (Lipinski definition) is 2. The lowest BCUT2D eigenvalue weighted by Crippen LogP contribution is -2.27.